The Hall–Kier alpha value is -0.300. The third kappa shape index (κ3) is 0.671. The van der Waals surface area contributed by atoms with E-state index >= 15 is 0 Å². The van der Waals surface area contributed by atoms with Gasteiger partial charge in [-0.15, -0.1) is 6.58 Å². The van der Waals surface area contributed by atoms with Gasteiger partial charge in [0.1, 0.15) is 0 Å². The molecule has 0 saturated heterocycles. The zero-order chi connectivity index (χ0) is 6.20. The van der Waals surface area contributed by atoms with Crippen LogP contribution in [0.25, 0.3) is 0 Å². The molecule has 0 heterocycles. The molecule has 0 aromatic rings. The second kappa shape index (κ2) is 1.59. The molecule has 1 fully saturated rings. The van der Waals surface area contributed by atoms with Crippen molar-refractivity contribution in [3.63, 3.8) is 0 Å². The summed E-state index contributed by atoms with van der Waals surface area (Å²) in [6.07, 6.45) is 3.04. The zero-order valence-corrected chi connectivity index (χ0v) is 5.22. The highest BCUT2D eigenvalue weighted by Gasteiger charge is 2.47. The molecule has 0 aliphatic heterocycles. The molecule has 0 aromatic heterocycles. The smallest absolute Gasteiger partial charge is 0.0490 e. The molecule has 2 unspecified atom stereocenters. The van der Waals surface area contributed by atoms with E-state index in [1.165, 1.54) is 0 Å². The molecule has 0 amide bonds. The molecule has 0 spiro atoms. The first kappa shape index (κ1) is 5.83. The lowest BCUT2D eigenvalue weighted by Crippen LogP contribution is -2.01. The first-order valence-corrected chi connectivity index (χ1v) is 2.96. The van der Waals surface area contributed by atoms with Crippen LogP contribution in [0.5, 0.6) is 0 Å². The molecular formula is C7H12O. The summed E-state index contributed by atoms with van der Waals surface area (Å²) < 4.78 is 0. The van der Waals surface area contributed by atoms with E-state index in [2.05, 4.69) is 13.5 Å². The lowest BCUT2D eigenvalue weighted by atomic mass is 10.1. The van der Waals surface area contributed by atoms with Crippen molar-refractivity contribution < 1.29 is 5.11 Å². The minimum absolute atomic E-state index is 0.196. The van der Waals surface area contributed by atoms with Gasteiger partial charge in [-0.2, -0.15) is 0 Å². The van der Waals surface area contributed by atoms with E-state index in [0.717, 1.165) is 6.42 Å². The van der Waals surface area contributed by atoms with Crippen molar-refractivity contribution in [2.45, 2.75) is 13.3 Å². The van der Waals surface area contributed by atoms with Crippen molar-refractivity contribution in [2.75, 3.05) is 6.61 Å². The highest BCUT2D eigenvalue weighted by atomic mass is 16.3. The fraction of sp³-hybridized carbons (Fsp3) is 0.714. The quantitative estimate of drug-likeness (QED) is 0.532. The summed E-state index contributed by atoms with van der Waals surface area (Å²) >= 11 is 0. The van der Waals surface area contributed by atoms with E-state index in [9.17, 15) is 0 Å². The number of aliphatic hydroxyl groups is 1. The minimum atomic E-state index is 0.196. The molecule has 8 heavy (non-hydrogen) atoms. The van der Waals surface area contributed by atoms with Crippen LogP contribution in [0.3, 0.4) is 0 Å². The summed E-state index contributed by atoms with van der Waals surface area (Å²) in [5.41, 5.74) is 0.196. The highest BCUT2D eigenvalue weighted by molar-refractivity contribution is 5.06. The predicted octanol–water partition coefficient (Wildman–Crippen LogP) is 1.19. The van der Waals surface area contributed by atoms with Crippen molar-refractivity contribution >= 4 is 0 Å². The van der Waals surface area contributed by atoms with Gasteiger partial charge in [-0.25, -0.2) is 0 Å². The SMILES string of the molecule is C=CC1CC1(C)CO. The Bertz CT molecular complexity index is 109. The van der Waals surface area contributed by atoms with Crippen molar-refractivity contribution in [3.8, 4) is 0 Å². The van der Waals surface area contributed by atoms with E-state index < -0.39 is 0 Å². The second-order valence-electron chi connectivity index (χ2n) is 2.86. The maximum absolute atomic E-state index is 8.72. The Morgan fingerprint density at radius 3 is 2.75 bits per heavy atom. The number of rotatable bonds is 2. The molecule has 1 heteroatoms. The van der Waals surface area contributed by atoms with E-state index in [1.54, 1.807) is 0 Å². The molecule has 1 N–H and O–H groups in total. The lowest BCUT2D eigenvalue weighted by Gasteiger charge is -2.00. The van der Waals surface area contributed by atoms with Crippen LogP contribution in [0, 0.1) is 11.3 Å². The summed E-state index contributed by atoms with van der Waals surface area (Å²) in [4.78, 5) is 0. The van der Waals surface area contributed by atoms with Gasteiger partial charge < -0.3 is 5.11 Å². The van der Waals surface area contributed by atoms with Gasteiger partial charge >= 0.3 is 0 Å². The van der Waals surface area contributed by atoms with Crippen molar-refractivity contribution in [2.24, 2.45) is 11.3 Å². The van der Waals surface area contributed by atoms with E-state index in [-0.39, 0.29) is 5.41 Å². The average molecular weight is 112 g/mol. The largest absolute Gasteiger partial charge is 0.396 e. The van der Waals surface area contributed by atoms with Crippen LogP contribution in [0.1, 0.15) is 13.3 Å². The number of allylic oxidation sites excluding steroid dienone is 1. The van der Waals surface area contributed by atoms with Crippen LogP contribution in [-0.2, 0) is 0 Å². The van der Waals surface area contributed by atoms with Crippen LogP contribution in [0.4, 0.5) is 0 Å². The maximum atomic E-state index is 8.72. The molecular weight excluding hydrogens is 100 g/mol. The Morgan fingerprint density at radius 2 is 2.62 bits per heavy atom. The van der Waals surface area contributed by atoms with E-state index in [1.807, 2.05) is 6.08 Å². The molecule has 1 saturated carbocycles. The van der Waals surface area contributed by atoms with Crippen LogP contribution in [0.15, 0.2) is 12.7 Å². The van der Waals surface area contributed by atoms with Gasteiger partial charge in [0.15, 0.2) is 0 Å². The summed E-state index contributed by atoms with van der Waals surface area (Å²) in [6, 6.07) is 0. The molecule has 1 aliphatic carbocycles. The number of aliphatic hydroxyl groups excluding tert-OH is 1. The van der Waals surface area contributed by atoms with Gasteiger partial charge in [-0.05, 0) is 17.8 Å². The van der Waals surface area contributed by atoms with Crippen molar-refractivity contribution in [1.29, 1.82) is 0 Å². The van der Waals surface area contributed by atoms with Crippen LogP contribution in [0.2, 0.25) is 0 Å². The molecule has 0 aromatic carbocycles. The van der Waals surface area contributed by atoms with Crippen molar-refractivity contribution in [3.05, 3.63) is 12.7 Å². The standard InChI is InChI=1S/C7H12O/c1-3-6-4-7(6,2)5-8/h3,6,8H,1,4-5H2,2H3. The number of hydrogen-bond donors (Lipinski definition) is 1. The first-order valence-electron chi connectivity index (χ1n) is 2.96. The second-order valence-corrected chi connectivity index (χ2v) is 2.86. The van der Waals surface area contributed by atoms with Gasteiger partial charge in [0.2, 0.25) is 0 Å². The van der Waals surface area contributed by atoms with Gasteiger partial charge in [0.25, 0.3) is 0 Å². The molecule has 1 aliphatic rings. The number of hydrogen-bond acceptors (Lipinski definition) is 1. The fourth-order valence-corrected chi connectivity index (χ4v) is 0.993. The molecule has 0 bridgehead atoms. The van der Waals surface area contributed by atoms with Crippen LogP contribution < -0.4 is 0 Å². The average Bonchev–Trinajstić information content (AvgIpc) is 2.44. The molecule has 1 rings (SSSR count). The van der Waals surface area contributed by atoms with Gasteiger partial charge in [0.05, 0.1) is 0 Å². The van der Waals surface area contributed by atoms with Gasteiger partial charge in [0, 0.05) is 6.61 Å². The molecule has 1 nitrogen and oxygen atoms in total. The molecule has 2 atom stereocenters. The fourth-order valence-electron chi connectivity index (χ4n) is 0.993. The Labute approximate surface area is 50.0 Å². The highest BCUT2D eigenvalue weighted by Crippen LogP contribution is 2.52. The molecule has 0 radical (unpaired) electrons. The summed E-state index contributed by atoms with van der Waals surface area (Å²) in [6.45, 7) is 6.05. The molecule has 46 valence electrons. The monoisotopic (exact) mass is 112 g/mol. The Morgan fingerprint density at radius 1 is 2.00 bits per heavy atom. The summed E-state index contributed by atoms with van der Waals surface area (Å²) in [7, 11) is 0. The van der Waals surface area contributed by atoms with Crippen LogP contribution >= 0.6 is 0 Å². The minimum Gasteiger partial charge on any atom is -0.396 e. The Kier molecular flexibility index (Phi) is 1.16. The third-order valence-electron chi connectivity index (χ3n) is 2.07. The van der Waals surface area contributed by atoms with E-state index in [4.69, 9.17) is 5.11 Å². The predicted molar refractivity (Wildman–Crippen MR) is 33.5 cm³/mol. The van der Waals surface area contributed by atoms with E-state index in [0.29, 0.717) is 12.5 Å². The van der Waals surface area contributed by atoms with Gasteiger partial charge in [-0.1, -0.05) is 13.0 Å². The van der Waals surface area contributed by atoms with Gasteiger partial charge in [-0.3, -0.25) is 0 Å². The topological polar surface area (TPSA) is 20.2 Å². The normalized spacial score (nSPS) is 44.0. The third-order valence-corrected chi connectivity index (χ3v) is 2.07. The Balaban J connectivity index is 2.42. The summed E-state index contributed by atoms with van der Waals surface area (Å²) in [5.74, 6) is 0.576. The zero-order valence-electron chi connectivity index (χ0n) is 5.22. The first-order chi connectivity index (χ1) is 3.73. The van der Waals surface area contributed by atoms with Crippen LogP contribution in [-0.4, -0.2) is 11.7 Å². The van der Waals surface area contributed by atoms with Crippen molar-refractivity contribution in [1.82, 2.24) is 0 Å². The lowest BCUT2D eigenvalue weighted by molar-refractivity contribution is 0.217. The maximum Gasteiger partial charge on any atom is 0.0490 e. The summed E-state index contributed by atoms with van der Waals surface area (Å²) in [5, 5.41) is 8.72.